The molecule has 9 heteroatoms. The van der Waals surface area contributed by atoms with Gasteiger partial charge in [0, 0.05) is 18.7 Å². The molecule has 0 spiro atoms. The summed E-state index contributed by atoms with van der Waals surface area (Å²) in [7, 11) is 0. The van der Waals surface area contributed by atoms with Crippen molar-refractivity contribution in [3.05, 3.63) is 23.5 Å². The van der Waals surface area contributed by atoms with Gasteiger partial charge in [0.2, 0.25) is 5.91 Å². The maximum Gasteiger partial charge on any atom is 0.309 e. The largest absolute Gasteiger partial charge is 0.493 e. The Labute approximate surface area is 230 Å². The first-order valence-electron chi connectivity index (χ1n) is 14.5. The van der Waals surface area contributed by atoms with Crippen LogP contribution in [0.15, 0.2) is 12.1 Å². The molecule has 0 aromatic heterocycles. The Balaban J connectivity index is 1.45. The van der Waals surface area contributed by atoms with Gasteiger partial charge in [-0.1, -0.05) is 26.2 Å². The monoisotopic (exact) mass is 546 g/mol. The molecule has 3 aliphatic rings. The van der Waals surface area contributed by atoms with Gasteiger partial charge in [-0.15, -0.1) is 0 Å². The Morgan fingerprint density at radius 2 is 1.69 bits per heavy atom. The molecule has 3 saturated carbocycles. The summed E-state index contributed by atoms with van der Waals surface area (Å²) in [6.07, 6.45) is 8.17. The quantitative estimate of drug-likeness (QED) is 0.370. The van der Waals surface area contributed by atoms with E-state index in [0.717, 1.165) is 25.7 Å². The molecular weight excluding hydrogens is 503 g/mol. The lowest BCUT2D eigenvalue weighted by molar-refractivity contribution is -0.150. The predicted molar refractivity (Wildman–Crippen MR) is 144 cm³/mol. The molecule has 0 bridgehead atoms. The van der Waals surface area contributed by atoms with Crippen LogP contribution in [0.1, 0.15) is 102 Å². The van der Waals surface area contributed by atoms with E-state index in [1.165, 1.54) is 18.6 Å². The maximum absolute atomic E-state index is 15.0. The molecule has 1 aromatic carbocycles. The average Bonchev–Trinajstić information content (AvgIpc) is 2.89. The Hall–Kier alpha value is -2.84. The van der Waals surface area contributed by atoms with Crippen LogP contribution in [-0.2, 0) is 9.59 Å². The Bertz CT molecular complexity index is 1060. The third kappa shape index (κ3) is 6.84. The minimum atomic E-state index is -0.834. The van der Waals surface area contributed by atoms with E-state index in [1.807, 2.05) is 0 Å². The van der Waals surface area contributed by atoms with Crippen LogP contribution in [0.2, 0.25) is 0 Å². The van der Waals surface area contributed by atoms with Gasteiger partial charge in [-0.05, 0) is 76.7 Å². The zero-order chi connectivity index (χ0) is 28.2. The Morgan fingerprint density at radius 3 is 2.31 bits per heavy atom. The van der Waals surface area contributed by atoms with Crippen LogP contribution in [0.5, 0.6) is 11.5 Å². The van der Waals surface area contributed by atoms with Crippen LogP contribution in [0, 0.1) is 22.6 Å². The second kappa shape index (κ2) is 12.1. The number of nitrogens with one attached hydrogen (secondary N) is 2. The minimum Gasteiger partial charge on any atom is -0.493 e. The van der Waals surface area contributed by atoms with Crippen molar-refractivity contribution < 1.29 is 33.4 Å². The van der Waals surface area contributed by atoms with Crippen LogP contribution in [-0.4, -0.2) is 48.2 Å². The van der Waals surface area contributed by atoms with Crippen molar-refractivity contribution in [3.8, 4) is 11.5 Å². The summed E-state index contributed by atoms with van der Waals surface area (Å²) in [5.74, 6) is -2.17. The summed E-state index contributed by atoms with van der Waals surface area (Å²) in [4.78, 5) is 38.2. The highest BCUT2D eigenvalue weighted by Crippen LogP contribution is 2.40. The van der Waals surface area contributed by atoms with Crippen LogP contribution in [0.4, 0.5) is 4.39 Å². The van der Waals surface area contributed by atoms with Crippen molar-refractivity contribution in [2.45, 2.75) is 104 Å². The molecule has 0 unspecified atom stereocenters. The van der Waals surface area contributed by atoms with Crippen molar-refractivity contribution in [3.63, 3.8) is 0 Å². The second-order valence-electron chi connectivity index (χ2n) is 12.2. The number of aliphatic carboxylic acids is 1. The number of ether oxygens (including phenoxy) is 2. The third-order valence-corrected chi connectivity index (χ3v) is 9.09. The van der Waals surface area contributed by atoms with E-state index in [9.17, 15) is 19.5 Å². The smallest absolute Gasteiger partial charge is 0.309 e. The van der Waals surface area contributed by atoms with Crippen LogP contribution >= 0.6 is 0 Å². The first-order valence-corrected chi connectivity index (χ1v) is 14.5. The van der Waals surface area contributed by atoms with E-state index in [4.69, 9.17) is 9.47 Å². The van der Waals surface area contributed by atoms with E-state index in [-0.39, 0.29) is 53.1 Å². The fourth-order valence-electron chi connectivity index (χ4n) is 6.07. The molecule has 0 saturated heterocycles. The van der Waals surface area contributed by atoms with E-state index in [0.29, 0.717) is 45.1 Å². The lowest BCUT2D eigenvalue weighted by Gasteiger charge is -2.39. The second-order valence-corrected chi connectivity index (χ2v) is 12.2. The van der Waals surface area contributed by atoms with Crippen LogP contribution in [0.3, 0.4) is 0 Å². The first kappa shape index (κ1) is 29.2. The molecule has 39 heavy (non-hydrogen) atoms. The van der Waals surface area contributed by atoms with Crippen LogP contribution < -0.4 is 20.1 Å². The van der Waals surface area contributed by atoms with Crippen molar-refractivity contribution in [2.24, 2.45) is 16.7 Å². The molecule has 3 aliphatic carbocycles. The van der Waals surface area contributed by atoms with E-state index in [1.54, 1.807) is 13.8 Å². The van der Waals surface area contributed by atoms with Gasteiger partial charge < -0.3 is 25.2 Å². The fraction of sp³-hybridized carbons (Fsp3) is 0.700. The summed E-state index contributed by atoms with van der Waals surface area (Å²) in [6.45, 7) is 6.58. The van der Waals surface area contributed by atoms with Gasteiger partial charge in [0.15, 0.2) is 11.6 Å². The number of hydrogen-bond donors (Lipinski definition) is 3. The molecule has 0 aliphatic heterocycles. The van der Waals surface area contributed by atoms with E-state index < -0.39 is 23.1 Å². The number of hydrogen-bond acceptors (Lipinski definition) is 5. The molecule has 0 heterocycles. The number of carboxylic acid groups (broad SMARTS) is 1. The highest BCUT2D eigenvalue weighted by molar-refractivity contribution is 5.98. The predicted octanol–water partition coefficient (Wildman–Crippen LogP) is 5.23. The average molecular weight is 547 g/mol. The number of carbonyl (C=O) groups is 3. The molecule has 1 aromatic rings. The molecule has 4 rings (SSSR count). The standard InChI is InChI=1S/C30H43FN2O6/c1-4-38-24-17-22(31)25(39-19-10-14-30(3,15-11-19)28(36)37)16-21(24)27(35)33-23-9-6-5-8-20(23)26(34)32-18-29(2)12-7-13-29/h16-17,19-20,23H,4-15,18H2,1-3H3,(H,32,34)(H,33,35)(H,36,37)/t19?,20-,23+,30?/m0/s1. The number of amides is 2. The van der Waals surface area contributed by atoms with Gasteiger partial charge in [0.05, 0.1) is 29.6 Å². The van der Waals surface area contributed by atoms with E-state index >= 15 is 4.39 Å². The van der Waals surface area contributed by atoms with E-state index in [2.05, 4.69) is 17.6 Å². The van der Waals surface area contributed by atoms with Crippen LogP contribution in [0.25, 0.3) is 0 Å². The summed E-state index contributed by atoms with van der Waals surface area (Å²) < 4.78 is 26.5. The molecule has 2 atom stereocenters. The molecule has 3 fully saturated rings. The van der Waals surface area contributed by atoms with Crippen molar-refractivity contribution in [1.82, 2.24) is 10.6 Å². The minimum absolute atomic E-state index is 0.0213. The number of halogens is 1. The molecule has 8 nitrogen and oxygen atoms in total. The highest BCUT2D eigenvalue weighted by atomic mass is 19.1. The summed E-state index contributed by atoms with van der Waals surface area (Å²) in [6, 6.07) is 2.22. The zero-order valence-electron chi connectivity index (χ0n) is 23.4. The normalized spacial score (nSPS) is 28.1. The van der Waals surface area contributed by atoms with Gasteiger partial charge in [-0.3, -0.25) is 14.4 Å². The van der Waals surface area contributed by atoms with Gasteiger partial charge in [-0.2, -0.15) is 0 Å². The van der Waals surface area contributed by atoms with Crippen molar-refractivity contribution >= 4 is 17.8 Å². The Morgan fingerprint density at radius 1 is 1.00 bits per heavy atom. The zero-order valence-corrected chi connectivity index (χ0v) is 23.4. The topological polar surface area (TPSA) is 114 Å². The highest BCUT2D eigenvalue weighted by Gasteiger charge is 2.39. The SMILES string of the molecule is CCOc1cc(F)c(OC2CCC(C)(C(=O)O)CC2)cc1C(=O)N[C@@H]1CCCC[C@@H]1C(=O)NCC1(C)CCC1. The van der Waals surface area contributed by atoms with Gasteiger partial charge in [0.25, 0.3) is 5.91 Å². The molecule has 216 valence electrons. The molecular formula is C30H43FN2O6. The number of carbonyl (C=O) groups excluding carboxylic acids is 2. The lowest BCUT2D eigenvalue weighted by atomic mass is 9.70. The lowest BCUT2D eigenvalue weighted by Crippen LogP contribution is -2.50. The summed E-state index contributed by atoms with van der Waals surface area (Å²) in [5.41, 5.74) is -0.475. The number of benzene rings is 1. The van der Waals surface area contributed by atoms with Crippen molar-refractivity contribution in [1.29, 1.82) is 0 Å². The van der Waals surface area contributed by atoms with Crippen molar-refractivity contribution in [2.75, 3.05) is 13.2 Å². The Kier molecular flexibility index (Phi) is 9.07. The first-order chi connectivity index (χ1) is 18.5. The third-order valence-electron chi connectivity index (χ3n) is 9.09. The number of rotatable bonds is 10. The molecule has 0 radical (unpaired) electrons. The van der Waals surface area contributed by atoms with Gasteiger partial charge in [-0.25, -0.2) is 4.39 Å². The maximum atomic E-state index is 15.0. The van der Waals surface area contributed by atoms with Gasteiger partial charge in [0.1, 0.15) is 5.75 Å². The number of carboxylic acids is 1. The summed E-state index contributed by atoms with van der Waals surface area (Å²) in [5, 5.41) is 15.6. The van der Waals surface area contributed by atoms with Gasteiger partial charge >= 0.3 is 5.97 Å². The molecule has 2 amide bonds. The summed E-state index contributed by atoms with van der Waals surface area (Å²) >= 11 is 0. The fourth-order valence-corrected chi connectivity index (χ4v) is 6.07. The molecule has 3 N–H and O–H groups in total.